The van der Waals surface area contributed by atoms with E-state index in [4.69, 9.17) is 16.3 Å². The summed E-state index contributed by atoms with van der Waals surface area (Å²) in [5.41, 5.74) is -0.880. The van der Waals surface area contributed by atoms with Gasteiger partial charge in [-0.2, -0.15) is 13.2 Å². The third kappa shape index (κ3) is 3.64. The van der Waals surface area contributed by atoms with Gasteiger partial charge in [0.2, 0.25) is 5.91 Å². The quantitative estimate of drug-likeness (QED) is 0.904. The number of rotatable bonds is 2. The van der Waals surface area contributed by atoms with Gasteiger partial charge in [-0.3, -0.25) is 4.79 Å². The van der Waals surface area contributed by atoms with E-state index in [0.29, 0.717) is 19.6 Å². The van der Waals surface area contributed by atoms with E-state index in [1.807, 2.05) is 0 Å². The number of anilines is 1. The molecular formula is C13H13ClF3NO2. The second kappa shape index (κ2) is 6.01. The molecule has 1 aliphatic heterocycles. The molecule has 1 aromatic carbocycles. The van der Waals surface area contributed by atoms with E-state index in [2.05, 4.69) is 5.32 Å². The Balaban J connectivity index is 2.11. The SMILES string of the molecule is O=C(Nc1ccc(Cl)c(C(F)(F)F)c1)C1CCCOC1. The van der Waals surface area contributed by atoms with Crippen molar-refractivity contribution in [2.24, 2.45) is 5.92 Å². The zero-order valence-electron chi connectivity index (χ0n) is 10.5. The van der Waals surface area contributed by atoms with Crippen LogP contribution in [-0.4, -0.2) is 19.1 Å². The molecule has 0 radical (unpaired) electrons. The molecule has 1 amide bonds. The van der Waals surface area contributed by atoms with Gasteiger partial charge in [0.05, 0.1) is 23.1 Å². The van der Waals surface area contributed by atoms with Gasteiger partial charge in [0.1, 0.15) is 0 Å². The van der Waals surface area contributed by atoms with Crippen LogP contribution in [0, 0.1) is 5.92 Å². The Morgan fingerprint density at radius 3 is 2.75 bits per heavy atom. The van der Waals surface area contributed by atoms with E-state index in [1.165, 1.54) is 6.07 Å². The van der Waals surface area contributed by atoms with Gasteiger partial charge in [-0.25, -0.2) is 0 Å². The van der Waals surface area contributed by atoms with E-state index in [0.717, 1.165) is 18.6 Å². The third-order valence-electron chi connectivity index (χ3n) is 3.07. The van der Waals surface area contributed by atoms with E-state index < -0.39 is 16.8 Å². The summed E-state index contributed by atoms with van der Waals surface area (Å²) in [6.07, 6.45) is -3.11. The predicted octanol–water partition coefficient (Wildman–Crippen LogP) is 3.72. The summed E-state index contributed by atoms with van der Waals surface area (Å²) >= 11 is 5.51. The third-order valence-corrected chi connectivity index (χ3v) is 3.40. The van der Waals surface area contributed by atoms with Gasteiger partial charge in [0.25, 0.3) is 0 Å². The standard InChI is InChI=1S/C13H13ClF3NO2/c14-11-4-3-9(6-10(11)13(15,16)17)18-12(19)8-2-1-5-20-7-8/h3-4,6,8H,1-2,5,7H2,(H,18,19). The van der Waals surface area contributed by atoms with Gasteiger partial charge in [0, 0.05) is 12.3 Å². The minimum atomic E-state index is -4.55. The van der Waals surface area contributed by atoms with Crippen LogP contribution in [0.3, 0.4) is 0 Å². The molecular weight excluding hydrogens is 295 g/mol. The van der Waals surface area contributed by atoms with Crippen LogP contribution in [0.5, 0.6) is 0 Å². The highest BCUT2D eigenvalue weighted by atomic mass is 35.5. The van der Waals surface area contributed by atoms with Gasteiger partial charge in [-0.15, -0.1) is 0 Å². The van der Waals surface area contributed by atoms with Gasteiger partial charge >= 0.3 is 6.18 Å². The molecule has 0 saturated carbocycles. The summed E-state index contributed by atoms with van der Waals surface area (Å²) in [6, 6.07) is 3.31. The van der Waals surface area contributed by atoms with Crippen LogP contribution >= 0.6 is 11.6 Å². The summed E-state index contributed by atoms with van der Waals surface area (Å²) in [5.74, 6) is -0.658. The van der Waals surface area contributed by atoms with Crippen LogP contribution in [0.25, 0.3) is 0 Å². The lowest BCUT2D eigenvalue weighted by Gasteiger charge is -2.21. The number of carbonyl (C=O) groups excluding carboxylic acids is 1. The molecule has 0 spiro atoms. The molecule has 0 bridgehead atoms. The highest BCUT2D eigenvalue weighted by Gasteiger charge is 2.33. The molecule has 1 fully saturated rings. The molecule has 1 unspecified atom stereocenters. The predicted molar refractivity (Wildman–Crippen MR) is 68.6 cm³/mol. The minimum absolute atomic E-state index is 0.0808. The normalized spacial score (nSPS) is 19.7. The first-order chi connectivity index (χ1) is 9.38. The first-order valence-electron chi connectivity index (χ1n) is 6.13. The first-order valence-corrected chi connectivity index (χ1v) is 6.51. The molecule has 1 aliphatic rings. The van der Waals surface area contributed by atoms with Crippen LogP contribution in [0.2, 0.25) is 5.02 Å². The average molecular weight is 308 g/mol. The lowest BCUT2D eigenvalue weighted by Crippen LogP contribution is -2.30. The highest BCUT2D eigenvalue weighted by molar-refractivity contribution is 6.31. The van der Waals surface area contributed by atoms with Crippen LogP contribution in [0.4, 0.5) is 18.9 Å². The van der Waals surface area contributed by atoms with Crippen molar-refractivity contribution in [2.75, 3.05) is 18.5 Å². The molecule has 1 saturated heterocycles. The molecule has 0 aromatic heterocycles. The molecule has 1 N–H and O–H groups in total. The molecule has 0 aliphatic carbocycles. The molecule has 1 aromatic rings. The van der Waals surface area contributed by atoms with Crippen LogP contribution in [0.1, 0.15) is 18.4 Å². The summed E-state index contributed by atoms with van der Waals surface area (Å²) in [5, 5.41) is 2.08. The fourth-order valence-corrected chi connectivity index (χ4v) is 2.24. The Morgan fingerprint density at radius 2 is 2.15 bits per heavy atom. The number of ether oxygens (including phenoxy) is 1. The number of nitrogens with one attached hydrogen (secondary N) is 1. The van der Waals surface area contributed by atoms with Gasteiger partial charge < -0.3 is 10.1 Å². The van der Waals surface area contributed by atoms with Crippen molar-refractivity contribution in [3.63, 3.8) is 0 Å². The fraction of sp³-hybridized carbons (Fsp3) is 0.462. The summed E-state index contributed by atoms with van der Waals surface area (Å²) in [4.78, 5) is 11.9. The average Bonchev–Trinajstić information content (AvgIpc) is 2.40. The Morgan fingerprint density at radius 1 is 1.40 bits per heavy atom. The number of carbonyl (C=O) groups is 1. The molecule has 1 heterocycles. The van der Waals surface area contributed by atoms with Crippen molar-refractivity contribution < 1.29 is 22.7 Å². The largest absolute Gasteiger partial charge is 0.417 e. The molecule has 1 atom stereocenters. The van der Waals surface area contributed by atoms with Crippen LogP contribution < -0.4 is 5.32 Å². The van der Waals surface area contributed by atoms with Crippen LogP contribution in [0.15, 0.2) is 18.2 Å². The number of benzene rings is 1. The van der Waals surface area contributed by atoms with Gasteiger partial charge in [-0.05, 0) is 31.0 Å². The lowest BCUT2D eigenvalue weighted by atomic mass is 10.0. The van der Waals surface area contributed by atoms with Crippen molar-refractivity contribution >= 4 is 23.2 Å². The van der Waals surface area contributed by atoms with E-state index in [1.54, 1.807) is 0 Å². The molecule has 20 heavy (non-hydrogen) atoms. The van der Waals surface area contributed by atoms with Crippen LogP contribution in [-0.2, 0) is 15.7 Å². The van der Waals surface area contributed by atoms with E-state index in [9.17, 15) is 18.0 Å². The molecule has 2 rings (SSSR count). The Kier molecular flexibility index (Phi) is 4.55. The number of amides is 1. The number of hydrogen-bond donors (Lipinski definition) is 1. The zero-order chi connectivity index (χ0) is 14.8. The van der Waals surface area contributed by atoms with E-state index in [-0.39, 0.29) is 17.5 Å². The molecule has 7 heteroatoms. The second-order valence-electron chi connectivity index (χ2n) is 4.60. The maximum absolute atomic E-state index is 12.7. The molecule has 3 nitrogen and oxygen atoms in total. The van der Waals surface area contributed by atoms with Gasteiger partial charge in [0.15, 0.2) is 0 Å². The Bertz CT molecular complexity index is 499. The van der Waals surface area contributed by atoms with Crippen molar-refractivity contribution in [1.29, 1.82) is 0 Å². The first kappa shape index (κ1) is 15.1. The summed E-state index contributed by atoms with van der Waals surface area (Å²) < 4.78 is 43.3. The van der Waals surface area contributed by atoms with Crippen molar-refractivity contribution in [1.82, 2.24) is 0 Å². The lowest BCUT2D eigenvalue weighted by molar-refractivity contribution is -0.137. The Hall–Kier alpha value is -1.27. The number of alkyl halides is 3. The van der Waals surface area contributed by atoms with Crippen molar-refractivity contribution in [2.45, 2.75) is 19.0 Å². The summed E-state index contributed by atoms with van der Waals surface area (Å²) in [6.45, 7) is 0.911. The topological polar surface area (TPSA) is 38.3 Å². The monoisotopic (exact) mass is 307 g/mol. The highest BCUT2D eigenvalue weighted by Crippen LogP contribution is 2.36. The fourth-order valence-electron chi connectivity index (χ4n) is 2.01. The number of halogens is 4. The van der Waals surface area contributed by atoms with E-state index >= 15 is 0 Å². The zero-order valence-corrected chi connectivity index (χ0v) is 11.2. The summed E-state index contributed by atoms with van der Waals surface area (Å²) in [7, 11) is 0. The minimum Gasteiger partial charge on any atom is -0.381 e. The Labute approximate surface area is 119 Å². The van der Waals surface area contributed by atoms with Crippen molar-refractivity contribution in [3.8, 4) is 0 Å². The maximum atomic E-state index is 12.7. The maximum Gasteiger partial charge on any atom is 0.417 e. The van der Waals surface area contributed by atoms with Gasteiger partial charge in [-0.1, -0.05) is 11.6 Å². The molecule has 110 valence electrons. The second-order valence-corrected chi connectivity index (χ2v) is 5.00. The smallest absolute Gasteiger partial charge is 0.381 e. The number of hydrogen-bond acceptors (Lipinski definition) is 2. The van der Waals surface area contributed by atoms with Crippen molar-refractivity contribution in [3.05, 3.63) is 28.8 Å².